The van der Waals surface area contributed by atoms with Gasteiger partial charge >= 0.3 is 0 Å². The topological polar surface area (TPSA) is 23.5 Å². The molecule has 2 nitrogen and oxygen atoms in total. The van der Waals surface area contributed by atoms with Crippen LogP contribution in [0.4, 0.5) is 5.69 Å². The molecule has 2 aromatic carbocycles. The van der Waals surface area contributed by atoms with Gasteiger partial charge in [-0.05, 0) is 48.6 Å². The van der Waals surface area contributed by atoms with E-state index in [9.17, 15) is 5.11 Å². The van der Waals surface area contributed by atoms with Crippen molar-refractivity contribution in [2.24, 2.45) is 0 Å². The van der Waals surface area contributed by atoms with Gasteiger partial charge in [0.05, 0.1) is 6.10 Å². The van der Waals surface area contributed by atoms with Crippen molar-refractivity contribution in [2.75, 3.05) is 18.0 Å². The first kappa shape index (κ1) is 16.6. The maximum atomic E-state index is 10.5. The monoisotopic (exact) mass is 297 g/mol. The largest absolute Gasteiger partial charge is 0.387 e. The van der Waals surface area contributed by atoms with Crippen LogP contribution in [-0.2, 0) is 0 Å². The summed E-state index contributed by atoms with van der Waals surface area (Å²) in [4.78, 5) is 2.22. The van der Waals surface area contributed by atoms with Gasteiger partial charge in [0, 0.05) is 18.8 Å². The molecule has 0 amide bonds. The fourth-order valence-electron chi connectivity index (χ4n) is 2.66. The average Bonchev–Trinajstić information content (AvgIpc) is 2.52. The quantitative estimate of drug-likeness (QED) is 0.837. The molecule has 0 aliphatic heterocycles. The van der Waals surface area contributed by atoms with Crippen LogP contribution in [0.25, 0.3) is 0 Å². The van der Waals surface area contributed by atoms with Gasteiger partial charge in [-0.15, -0.1) is 0 Å². The van der Waals surface area contributed by atoms with Crippen LogP contribution >= 0.6 is 0 Å². The summed E-state index contributed by atoms with van der Waals surface area (Å²) >= 11 is 0. The van der Waals surface area contributed by atoms with Gasteiger partial charge in [0.15, 0.2) is 0 Å². The average molecular weight is 297 g/mol. The molecule has 22 heavy (non-hydrogen) atoms. The number of nitrogens with zero attached hydrogens (tertiary/aromatic N) is 1. The number of hydrogen-bond donors (Lipinski definition) is 1. The minimum atomic E-state index is -0.471. The molecule has 0 spiro atoms. The van der Waals surface area contributed by atoms with Crippen LogP contribution in [0.15, 0.2) is 48.5 Å². The number of rotatable bonds is 6. The summed E-state index contributed by atoms with van der Waals surface area (Å²) < 4.78 is 0. The minimum absolute atomic E-state index is 0.471. The maximum absolute atomic E-state index is 10.5. The number of hydrogen-bond acceptors (Lipinski definition) is 2. The van der Waals surface area contributed by atoms with Crippen molar-refractivity contribution < 1.29 is 5.11 Å². The molecule has 1 atom stereocenters. The van der Waals surface area contributed by atoms with Gasteiger partial charge in [-0.25, -0.2) is 0 Å². The molecule has 1 N–H and O–H groups in total. The predicted octanol–water partition coefficient (Wildman–Crippen LogP) is 4.68. The van der Waals surface area contributed by atoms with Crippen LogP contribution in [0.2, 0.25) is 0 Å². The highest BCUT2D eigenvalue weighted by Crippen LogP contribution is 2.22. The van der Waals surface area contributed by atoms with E-state index in [-0.39, 0.29) is 0 Å². The molecule has 118 valence electrons. The van der Waals surface area contributed by atoms with E-state index in [1.54, 1.807) is 0 Å². The number of likely N-dealkylation sites (N-methyl/N-ethyl adjacent to an activating group) is 1. The molecule has 0 radical (unpaired) electrons. The van der Waals surface area contributed by atoms with Crippen molar-refractivity contribution in [3.63, 3.8) is 0 Å². The third kappa shape index (κ3) is 4.11. The van der Waals surface area contributed by atoms with Crippen molar-refractivity contribution in [2.45, 2.75) is 39.7 Å². The van der Waals surface area contributed by atoms with E-state index >= 15 is 0 Å². The molecule has 0 aliphatic rings. The molecule has 0 aromatic heterocycles. The molecular formula is C20H27NO. The zero-order valence-corrected chi connectivity index (χ0v) is 14.1. The second-order valence-electron chi connectivity index (χ2n) is 6.21. The molecule has 2 heteroatoms. The van der Waals surface area contributed by atoms with Gasteiger partial charge in [-0.2, -0.15) is 0 Å². The van der Waals surface area contributed by atoms with Gasteiger partial charge in [0.25, 0.3) is 0 Å². The van der Waals surface area contributed by atoms with Crippen molar-refractivity contribution in [3.8, 4) is 0 Å². The molecule has 0 saturated heterocycles. The van der Waals surface area contributed by atoms with Crippen molar-refractivity contribution >= 4 is 5.69 Å². The Balaban J connectivity index is 2.10. The van der Waals surface area contributed by atoms with E-state index in [1.807, 2.05) is 12.1 Å². The first-order chi connectivity index (χ1) is 10.5. The Hall–Kier alpha value is -1.80. The minimum Gasteiger partial charge on any atom is -0.387 e. The number of aryl methyl sites for hydroxylation is 1. The highest BCUT2D eigenvalue weighted by Gasteiger charge is 2.13. The van der Waals surface area contributed by atoms with E-state index in [0.717, 1.165) is 12.1 Å². The predicted molar refractivity (Wildman–Crippen MR) is 94.6 cm³/mol. The van der Waals surface area contributed by atoms with Gasteiger partial charge in [-0.1, -0.05) is 50.2 Å². The lowest BCUT2D eigenvalue weighted by molar-refractivity contribution is 0.183. The molecule has 0 bridgehead atoms. The van der Waals surface area contributed by atoms with E-state index in [2.05, 4.69) is 69.0 Å². The number of aliphatic hydroxyl groups is 1. The zero-order valence-electron chi connectivity index (χ0n) is 14.1. The molecule has 0 saturated carbocycles. The van der Waals surface area contributed by atoms with Gasteiger partial charge in [0.1, 0.15) is 0 Å². The number of anilines is 1. The van der Waals surface area contributed by atoms with Crippen LogP contribution in [0, 0.1) is 6.92 Å². The highest BCUT2D eigenvalue weighted by molar-refractivity contribution is 5.48. The molecular weight excluding hydrogens is 270 g/mol. The third-order valence-electron chi connectivity index (χ3n) is 4.13. The summed E-state index contributed by atoms with van der Waals surface area (Å²) in [6, 6.07) is 16.8. The van der Waals surface area contributed by atoms with E-state index in [4.69, 9.17) is 0 Å². The van der Waals surface area contributed by atoms with E-state index in [1.165, 1.54) is 16.8 Å². The highest BCUT2D eigenvalue weighted by atomic mass is 16.3. The second kappa shape index (κ2) is 7.46. The van der Waals surface area contributed by atoms with Crippen LogP contribution in [-0.4, -0.2) is 18.2 Å². The third-order valence-corrected chi connectivity index (χ3v) is 4.13. The standard InChI is InChI=1S/C20H27NO/c1-5-21(19-8-6-7-16(4)13-19)14-20(22)18-11-9-17(10-12-18)15(2)3/h6-13,15,20,22H,5,14H2,1-4H3. The Morgan fingerprint density at radius 2 is 1.64 bits per heavy atom. The van der Waals surface area contributed by atoms with Gasteiger partial charge < -0.3 is 10.0 Å². The van der Waals surface area contributed by atoms with E-state index < -0.39 is 6.10 Å². The smallest absolute Gasteiger partial charge is 0.0964 e. The maximum Gasteiger partial charge on any atom is 0.0964 e. The fraction of sp³-hybridized carbons (Fsp3) is 0.400. The first-order valence-electron chi connectivity index (χ1n) is 8.10. The summed E-state index contributed by atoms with van der Waals surface area (Å²) in [7, 11) is 0. The zero-order chi connectivity index (χ0) is 16.1. The Labute approximate surface area is 134 Å². The molecule has 0 heterocycles. The Kier molecular flexibility index (Phi) is 5.62. The summed E-state index contributed by atoms with van der Waals surface area (Å²) in [6.45, 7) is 10.1. The van der Waals surface area contributed by atoms with Gasteiger partial charge in [-0.3, -0.25) is 0 Å². The van der Waals surface area contributed by atoms with Crippen molar-refractivity contribution in [1.82, 2.24) is 0 Å². The molecule has 0 aliphatic carbocycles. The SMILES string of the molecule is CCN(CC(O)c1ccc(C(C)C)cc1)c1cccc(C)c1. The Morgan fingerprint density at radius 3 is 2.18 bits per heavy atom. The lowest BCUT2D eigenvalue weighted by atomic mass is 10.00. The Bertz CT molecular complexity index is 589. The molecule has 2 aromatic rings. The lowest BCUT2D eigenvalue weighted by Crippen LogP contribution is -2.28. The Morgan fingerprint density at radius 1 is 1.00 bits per heavy atom. The van der Waals surface area contributed by atoms with Crippen LogP contribution < -0.4 is 4.90 Å². The first-order valence-corrected chi connectivity index (χ1v) is 8.10. The number of benzene rings is 2. The normalized spacial score (nSPS) is 12.5. The fourth-order valence-corrected chi connectivity index (χ4v) is 2.66. The summed E-state index contributed by atoms with van der Waals surface area (Å²) in [6.07, 6.45) is -0.471. The van der Waals surface area contributed by atoms with Gasteiger partial charge in [0.2, 0.25) is 0 Å². The van der Waals surface area contributed by atoms with Crippen LogP contribution in [0.1, 0.15) is 49.5 Å². The molecule has 2 rings (SSSR count). The van der Waals surface area contributed by atoms with Crippen molar-refractivity contribution in [1.29, 1.82) is 0 Å². The second-order valence-corrected chi connectivity index (χ2v) is 6.21. The molecule has 1 unspecified atom stereocenters. The molecule has 0 fully saturated rings. The lowest BCUT2D eigenvalue weighted by Gasteiger charge is -2.26. The van der Waals surface area contributed by atoms with Crippen LogP contribution in [0.5, 0.6) is 0 Å². The summed E-state index contributed by atoms with van der Waals surface area (Å²) in [5.41, 5.74) is 4.70. The van der Waals surface area contributed by atoms with E-state index in [0.29, 0.717) is 12.5 Å². The van der Waals surface area contributed by atoms with Crippen molar-refractivity contribution in [3.05, 3.63) is 65.2 Å². The summed E-state index contributed by atoms with van der Waals surface area (Å²) in [5, 5.41) is 10.5. The number of aliphatic hydroxyl groups excluding tert-OH is 1. The summed E-state index contributed by atoms with van der Waals surface area (Å²) in [5.74, 6) is 0.519. The van der Waals surface area contributed by atoms with Crippen LogP contribution in [0.3, 0.4) is 0 Å².